The van der Waals surface area contributed by atoms with Crippen LogP contribution < -0.4 is 9.47 Å². The second kappa shape index (κ2) is 15.3. The quantitative estimate of drug-likeness (QED) is 0.208. The summed E-state index contributed by atoms with van der Waals surface area (Å²) >= 11 is 0. The van der Waals surface area contributed by atoms with Crippen molar-refractivity contribution >= 4 is 21.5 Å². The SMILES string of the molecule is COc1cc2c(OC)c(c1)COC[C@H](c1cccc3ccccc13)OCCOCCO[C@@H](c1cccc3ccccc13)COC2. The van der Waals surface area contributed by atoms with E-state index in [1.165, 1.54) is 0 Å². The average molecular weight is 609 g/mol. The van der Waals surface area contributed by atoms with Gasteiger partial charge in [0.25, 0.3) is 0 Å². The summed E-state index contributed by atoms with van der Waals surface area (Å²) in [6.45, 7) is 3.05. The third kappa shape index (κ3) is 7.47. The Labute approximate surface area is 264 Å². The van der Waals surface area contributed by atoms with Crippen LogP contribution >= 0.6 is 0 Å². The van der Waals surface area contributed by atoms with Crippen molar-refractivity contribution in [2.75, 3.05) is 53.9 Å². The molecule has 0 aromatic heterocycles. The topological polar surface area (TPSA) is 64.6 Å². The Hall–Kier alpha value is -3.98. The third-order valence-corrected chi connectivity index (χ3v) is 8.14. The monoisotopic (exact) mass is 608 g/mol. The molecule has 0 fully saturated rings. The lowest BCUT2D eigenvalue weighted by Gasteiger charge is -2.23. The number of ether oxygens (including phenoxy) is 7. The molecule has 0 aliphatic carbocycles. The number of rotatable bonds is 4. The van der Waals surface area contributed by atoms with Gasteiger partial charge < -0.3 is 33.2 Å². The van der Waals surface area contributed by atoms with Crippen LogP contribution in [0.4, 0.5) is 0 Å². The molecule has 5 aromatic carbocycles. The molecule has 0 saturated carbocycles. The van der Waals surface area contributed by atoms with Crippen LogP contribution in [-0.4, -0.2) is 53.9 Å². The second-order valence-corrected chi connectivity index (χ2v) is 11.0. The van der Waals surface area contributed by atoms with Gasteiger partial charge in [0.2, 0.25) is 0 Å². The van der Waals surface area contributed by atoms with E-state index in [1.807, 2.05) is 36.4 Å². The van der Waals surface area contributed by atoms with Gasteiger partial charge in [-0.3, -0.25) is 0 Å². The summed E-state index contributed by atoms with van der Waals surface area (Å²) < 4.78 is 43.0. The number of benzene rings is 5. The Balaban J connectivity index is 1.28. The summed E-state index contributed by atoms with van der Waals surface area (Å²) in [5, 5.41) is 4.60. The minimum atomic E-state index is -0.287. The average Bonchev–Trinajstić information content (AvgIpc) is 3.08. The predicted octanol–water partition coefficient (Wildman–Crippen LogP) is 7.59. The van der Waals surface area contributed by atoms with Crippen molar-refractivity contribution in [1.29, 1.82) is 0 Å². The van der Waals surface area contributed by atoms with Gasteiger partial charge in [-0.15, -0.1) is 0 Å². The maximum absolute atomic E-state index is 6.41. The standard InChI is InChI=1S/C38H40O7/c1-39-31-21-29-23-42-25-36(34-15-7-11-27-9-3-5-13-32(27)34)44-19-17-41-18-20-45-37(26-43-24-30(22-31)38(29)40-2)35-16-8-12-28-10-4-6-14-33(28)35/h3-16,21-22,36-37H,17-20,23-26H2,1-2H3/t36-,37-/m1/s1. The van der Waals surface area contributed by atoms with Crippen molar-refractivity contribution in [3.05, 3.63) is 119 Å². The smallest absolute Gasteiger partial charge is 0.130 e. The summed E-state index contributed by atoms with van der Waals surface area (Å²) in [6.07, 6.45) is -0.574. The van der Waals surface area contributed by atoms with Crippen LogP contribution in [-0.2, 0) is 36.9 Å². The van der Waals surface area contributed by atoms with Gasteiger partial charge in [-0.05, 0) is 44.8 Å². The Morgan fingerprint density at radius 2 is 1.02 bits per heavy atom. The first-order valence-electron chi connectivity index (χ1n) is 15.4. The minimum absolute atomic E-state index is 0.287. The summed E-state index contributed by atoms with van der Waals surface area (Å²) in [5.74, 6) is 1.43. The summed E-state index contributed by atoms with van der Waals surface area (Å²) in [6, 6.07) is 33.1. The molecule has 7 heteroatoms. The van der Waals surface area contributed by atoms with E-state index in [4.69, 9.17) is 33.2 Å². The molecule has 0 saturated heterocycles. The molecule has 2 bridgehead atoms. The first-order valence-corrected chi connectivity index (χ1v) is 15.4. The molecule has 6 rings (SSSR count). The molecule has 1 aliphatic rings. The van der Waals surface area contributed by atoms with E-state index in [0.29, 0.717) is 58.6 Å². The number of hydrogen-bond donors (Lipinski definition) is 0. The Morgan fingerprint density at radius 3 is 1.51 bits per heavy atom. The van der Waals surface area contributed by atoms with Gasteiger partial charge in [0.15, 0.2) is 0 Å². The lowest BCUT2D eigenvalue weighted by atomic mass is 10.0. The second-order valence-electron chi connectivity index (χ2n) is 11.0. The van der Waals surface area contributed by atoms with Crippen molar-refractivity contribution in [3.63, 3.8) is 0 Å². The maximum Gasteiger partial charge on any atom is 0.130 e. The molecule has 45 heavy (non-hydrogen) atoms. The van der Waals surface area contributed by atoms with E-state index in [9.17, 15) is 0 Å². The van der Waals surface area contributed by atoms with Crippen molar-refractivity contribution in [3.8, 4) is 11.5 Å². The zero-order valence-electron chi connectivity index (χ0n) is 25.9. The molecule has 7 nitrogen and oxygen atoms in total. The fourth-order valence-electron chi connectivity index (χ4n) is 5.99. The van der Waals surface area contributed by atoms with Crippen LogP contribution in [0.15, 0.2) is 97.1 Å². The summed E-state index contributed by atoms with van der Waals surface area (Å²) in [5.41, 5.74) is 3.91. The zero-order valence-corrected chi connectivity index (χ0v) is 25.9. The molecule has 1 aliphatic heterocycles. The first kappa shape index (κ1) is 31.0. The Kier molecular flexibility index (Phi) is 10.6. The van der Waals surface area contributed by atoms with E-state index in [0.717, 1.165) is 49.5 Å². The zero-order chi connectivity index (χ0) is 30.8. The Morgan fingerprint density at radius 1 is 0.533 bits per heavy atom. The fraction of sp³-hybridized carbons (Fsp3) is 0.316. The third-order valence-electron chi connectivity index (χ3n) is 8.14. The predicted molar refractivity (Wildman–Crippen MR) is 175 cm³/mol. The number of fused-ring (bicyclic) bond motifs is 4. The molecule has 0 unspecified atom stereocenters. The van der Waals surface area contributed by atoms with Gasteiger partial charge in [-0.25, -0.2) is 0 Å². The van der Waals surface area contributed by atoms with Gasteiger partial charge >= 0.3 is 0 Å². The largest absolute Gasteiger partial charge is 0.497 e. The molecular formula is C38H40O7. The molecule has 5 aromatic rings. The molecule has 0 radical (unpaired) electrons. The normalized spacial score (nSPS) is 19.1. The molecule has 2 atom stereocenters. The van der Waals surface area contributed by atoms with Crippen molar-refractivity contribution in [2.24, 2.45) is 0 Å². The van der Waals surface area contributed by atoms with Gasteiger partial charge in [-0.1, -0.05) is 84.9 Å². The highest BCUT2D eigenvalue weighted by Gasteiger charge is 2.20. The van der Waals surface area contributed by atoms with Gasteiger partial charge in [-0.2, -0.15) is 0 Å². The molecule has 0 spiro atoms. The van der Waals surface area contributed by atoms with Crippen LogP contribution in [0, 0.1) is 0 Å². The molecule has 0 amide bonds. The lowest BCUT2D eigenvalue weighted by Crippen LogP contribution is -2.19. The van der Waals surface area contributed by atoms with Gasteiger partial charge in [0.1, 0.15) is 23.7 Å². The summed E-state index contributed by atoms with van der Waals surface area (Å²) in [4.78, 5) is 0. The van der Waals surface area contributed by atoms with E-state index in [1.54, 1.807) is 14.2 Å². The number of hydrogen-bond acceptors (Lipinski definition) is 7. The van der Waals surface area contributed by atoms with Crippen molar-refractivity contribution in [2.45, 2.75) is 25.4 Å². The van der Waals surface area contributed by atoms with E-state index >= 15 is 0 Å². The van der Waals surface area contributed by atoms with Crippen LogP contribution in [0.3, 0.4) is 0 Å². The van der Waals surface area contributed by atoms with Crippen molar-refractivity contribution < 1.29 is 33.2 Å². The highest BCUT2D eigenvalue weighted by atomic mass is 16.6. The van der Waals surface area contributed by atoms with E-state index in [-0.39, 0.29) is 12.2 Å². The lowest BCUT2D eigenvalue weighted by molar-refractivity contribution is -0.0640. The van der Waals surface area contributed by atoms with Crippen LogP contribution in [0.5, 0.6) is 11.5 Å². The maximum atomic E-state index is 6.41. The van der Waals surface area contributed by atoms with Crippen molar-refractivity contribution in [1.82, 2.24) is 0 Å². The fourth-order valence-corrected chi connectivity index (χ4v) is 5.99. The molecule has 0 N–H and O–H groups in total. The highest BCUT2D eigenvalue weighted by molar-refractivity contribution is 5.86. The minimum Gasteiger partial charge on any atom is -0.497 e. The van der Waals surface area contributed by atoms with E-state index in [2.05, 4.69) is 60.7 Å². The van der Waals surface area contributed by atoms with Crippen LogP contribution in [0.2, 0.25) is 0 Å². The molecular weight excluding hydrogens is 568 g/mol. The van der Waals surface area contributed by atoms with E-state index < -0.39 is 0 Å². The first-order chi connectivity index (χ1) is 22.2. The Bertz CT molecular complexity index is 1570. The molecule has 1 heterocycles. The number of methoxy groups -OCH3 is 2. The van der Waals surface area contributed by atoms with Gasteiger partial charge in [0, 0.05) is 11.1 Å². The highest BCUT2D eigenvalue weighted by Crippen LogP contribution is 2.33. The molecule has 234 valence electrons. The summed E-state index contributed by atoms with van der Waals surface area (Å²) in [7, 11) is 3.33. The van der Waals surface area contributed by atoms with Crippen LogP contribution in [0.25, 0.3) is 21.5 Å². The van der Waals surface area contributed by atoms with Gasteiger partial charge in [0.05, 0.1) is 67.1 Å². The van der Waals surface area contributed by atoms with Crippen LogP contribution in [0.1, 0.15) is 34.5 Å².